The Balaban J connectivity index is 1.54. The van der Waals surface area contributed by atoms with Gasteiger partial charge < -0.3 is 19.5 Å². The summed E-state index contributed by atoms with van der Waals surface area (Å²) in [4.78, 5) is 7.24. The Kier molecular flexibility index (Phi) is 7.03. The molecule has 0 aromatic carbocycles. The van der Waals surface area contributed by atoms with Gasteiger partial charge in [0.2, 0.25) is 0 Å². The molecule has 2 aliphatic heterocycles. The highest BCUT2D eigenvalue weighted by Crippen LogP contribution is 2.26. The Hall–Kier alpha value is -1.02. The molecule has 7 heteroatoms. The van der Waals surface area contributed by atoms with Gasteiger partial charge in [-0.05, 0) is 65.8 Å². The summed E-state index contributed by atoms with van der Waals surface area (Å²) in [7, 11) is 6.40. The summed E-state index contributed by atoms with van der Waals surface area (Å²) in [5.41, 5.74) is 0. The maximum Gasteiger partial charge on any atom is 0.146 e. The normalized spacial score (nSPS) is 23.8. The first kappa shape index (κ1) is 19.7. The van der Waals surface area contributed by atoms with Crippen LogP contribution in [0.25, 0.3) is 0 Å². The lowest BCUT2D eigenvalue weighted by Crippen LogP contribution is -2.37. The lowest BCUT2D eigenvalue weighted by molar-refractivity contribution is 0.0775. The lowest BCUT2D eigenvalue weighted by Gasteiger charge is -2.32. The molecule has 3 heterocycles. The van der Waals surface area contributed by atoms with E-state index in [0.29, 0.717) is 5.92 Å². The largest absolute Gasteiger partial charge is 0.393 e. The highest BCUT2D eigenvalue weighted by atomic mass is 16.3. The fourth-order valence-corrected chi connectivity index (χ4v) is 4.23. The van der Waals surface area contributed by atoms with E-state index in [0.717, 1.165) is 57.2 Å². The fraction of sp³-hybridized carbons (Fsp3) is 0.895. The SMILES string of the molecule is CN(C)CCCN1CCC[C@H](c2nnc(CN3CCC(O)CC3)n2C)C1. The molecule has 0 spiro atoms. The van der Waals surface area contributed by atoms with Crippen molar-refractivity contribution in [2.24, 2.45) is 7.05 Å². The molecule has 1 aromatic heterocycles. The van der Waals surface area contributed by atoms with Crippen molar-refractivity contribution in [2.45, 2.75) is 50.7 Å². The molecule has 7 nitrogen and oxygen atoms in total. The van der Waals surface area contributed by atoms with Crippen molar-refractivity contribution in [3.05, 3.63) is 11.6 Å². The van der Waals surface area contributed by atoms with Gasteiger partial charge in [0.15, 0.2) is 0 Å². The number of likely N-dealkylation sites (tertiary alicyclic amines) is 2. The summed E-state index contributed by atoms with van der Waals surface area (Å²) in [6.45, 7) is 7.39. The van der Waals surface area contributed by atoms with Crippen LogP contribution >= 0.6 is 0 Å². The van der Waals surface area contributed by atoms with Gasteiger partial charge in [-0.1, -0.05) is 0 Å². The van der Waals surface area contributed by atoms with E-state index < -0.39 is 0 Å². The molecule has 0 amide bonds. The van der Waals surface area contributed by atoms with Crippen molar-refractivity contribution in [1.29, 1.82) is 0 Å². The van der Waals surface area contributed by atoms with Crippen molar-refractivity contribution < 1.29 is 5.11 Å². The van der Waals surface area contributed by atoms with Crippen LogP contribution in [0.4, 0.5) is 0 Å². The number of aromatic nitrogens is 3. The molecular weight excluding hydrogens is 328 g/mol. The highest BCUT2D eigenvalue weighted by Gasteiger charge is 2.26. The van der Waals surface area contributed by atoms with Crippen LogP contribution in [0.5, 0.6) is 0 Å². The molecule has 3 rings (SSSR count). The summed E-state index contributed by atoms with van der Waals surface area (Å²) in [5, 5.41) is 18.7. The predicted octanol–water partition coefficient (Wildman–Crippen LogP) is 0.903. The monoisotopic (exact) mass is 364 g/mol. The Morgan fingerprint density at radius 2 is 1.85 bits per heavy atom. The van der Waals surface area contributed by atoms with E-state index in [4.69, 9.17) is 0 Å². The molecule has 2 fully saturated rings. The number of piperidine rings is 2. The van der Waals surface area contributed by atoms with E-state index >= 15 is 0 Å². The number of aliphatic hydroxyl groups excluding tert-OH is 1. The van der Waals surface area contributed by atoms with Gasteiger partial charge >= 0.3 is 0 Å². The summed E-state index contributed by atoms with van der Waals surface area (Å²) < 4.78 is 2.22. The molecule has 1 N–H and O–H groups in total. The van der Waals surface area contributed by atoms with Gasteiger partial charge in [0.05, 0.1) is 12.6 Å². The smallest absolute Gasteiger partial charge is 0.146 e. The lowest BCUT2D eigenvalue weighted by atomic mass is 9.97. The third-order valence-electron chi connectivity index (χ3n) is 5.87. The maximum atomic E-state index is 9.67. The van der Waals surface area contributed by atoms with Gasteiger partial charge in [-0.3, -0.25) is 4.90 Å². The summed E-state index contributed by atoms with van der Waals surface area (Å²) in [5.74, 6) is 2.70. The van der Waals surface area contributed by atoms with Gasteiger partial charge in [0.1, 0.15) is 11.6 Å². The minimum atomic E-state index is -0.123. The minimum Gasteiger partial charge on any atom is -0.393 e. The van der Waals surface area contributed by atoms with Crippen LogP contribution in [-0.4, -0.2) is 94.0 Å². The topological polar surface area (TPSA) is 60.7 Å². The van der Waals surface area contributed by atoms with Crippen LogP contribution in [0.1, 0.15) is 49.7 Å². The zero-order valence-corrected chi connectivity index (χ0v) is 16.8. The van der Waals surface area contributed by atoms with Crippen LogP contribution in [0.2, 0.25) is 0 Å². The average molecular weight is 365 g/mol. The van der Waals surface area contributed by atoms with E-state index in [2.05, 4.69) is 50.6 Å². The van der Waals surface area contributed by atoms with Crippen molar-refractivity contribution in [1.82, 2.24) is 29.5 Å². The first-order valence-corrected chi connectivity index (χ1v) is 10.2. The van der Waals surface area contributed by atoms with Gasteiger partial charge in [-0.25, -0.2) is 0 Å². The summed E-state index contributed by atoms with van der Waals surface area (Å²) >= 11 is 0. The van der Waals surface area contributed by atoms with E-state index in [1.54, 1.807) is 0 Å². The van der Waals surface area contributed by atoms with E-state index in [1.165, 1.54) is 32.4 Å². The predicted molar refractivity (Wildman–Crippen MR) is 103 cm³/mol. The first-order chi connectivity index (χ1) is 12.5. The Morgan fingerprint density at radius 3 is 2.58 bits per heavy atom. The maximum absolute atomic E-state index is 9.67. The molecule has 2 aliphatic rings. The zero-order chi connectivity index (χ0) is 18.5. The molecule has 1 atom stereocenters. The van der Waals surface area contributed by atoms with Crippen molar-refractivity contribution in [3.8, 4) is 0 Å². The minimum absolute atomic E-state index is 0.123. The molecular formula is C19H36N6O. The Bertz CT molecular complexity index is 552. The Labute approximate surface area is 158 Å². The summed E-state index contributed by atoms with van der Waals surface area (Å²) in [6, 6.07) is 0. The van der Waals surface area contributed by atoms with Crippen LogP contribution in [0.15, 0.2) is 0 Å². The standard InChI is InChI=1S/C19H36N6O/c1-22(2)9-5-11-24-10-4-6-16(14-24)19-21-20-18(23(19)3)15-25-12-7-17(26)8-13-25/h16-17,26H,4-15H2,1-3H3/t16-/m0/s1. The number of hydrogen-bond acceptors (Lipinski definition) is 6. The molecule has 0 radical (unpaired) electrons. The second-order valence-electron chi connectivity index (χ2n) is 8.34. The van der Waals surface area contributed by atoms with Crippen molar-refractivity contribution in [2.75, 3.05) is 53.4 Å². The molecule has 26 heavy (non-hydrogen) atoms. The fourth-order valence-electron chi connectivity index (χ4n) is 4.23. The quantitative estimate of drug-likeness (QED) is 0.776. The number of aliphatic hydroxyl groups is 1. The molecule has 148 valence electrons. The third kappa shape index (κ3) is 5.25. The van der Waals surface area contributed by atoms with Gasteiger partial charge in [-0.15, -0.1) is 10.2 Å². The van der Waals surface area contributed by atoms with Crippen LogP contribution in [0, 0.1) is 0 Å². The molecule has 0 saturated carbocycles. The van der Waals surface area contributed by atoms with Crippen LogP contribution in [0.3, 0.4) is 0 Å². The van der Waals surface area contributed by atoms with Crippen molar-refractivity contribution >= 4 is 0 Å². The first-order valence-electron chi connectivity index (χ1n) is 10.2. The molecule has 0 unspecified atom stereocenters. The summed E-state index contributed by atoms with van der Waals surface area (Å²) in [6.07, 6.45) is 5.31. The van der Waals surface area contributed by atoms with Gasteiger partial charge in [-0.2, -0.15) is 0 Å². The zero-order valence-electron chi connectivity index (χ0n) is 16.8. The molecule has 0 bridgehead atoms. The van der Waals surface area contributed by atoms with Gasteiger partial charge in [0.25, 0.3) is 0 Å². The van der Waals surface area contributed by atoms with Crippen LogP contribution < -0.4 is 0 Å². The Morgan fingerprint density at radius 1 is 1.08 bits per heavy atom. The second kappa shape index (κ2) is 9.26. The second-order valence-corrected chi connectivity index (χ2v) is 8.34. The number of hydrogen-bond donors (Lipinski definition) is 1. The highest BCUT2D eigenvalue weighted by molar-refractivity contribution is 5.04. The van der Waals surface area contributed by atoms with Crippen molar-refractivity contribution in [3.63, 3.8) is 0 Å². The average Bonchev–Trinajstić information content (AvgIpc) is 2.97. The third-order valence-corrected chi connectivity index (χ3v) is 5.87. The van der Waals surface area contributed by atoms with Gasteiger partial charge in [0, 0.05) is 32.6 Å². The number of rotatable bonds is 7. The number of nitrogens with zero attached hydrogens (tertiary/aromatic N) is 6. The van der Waals surface area contributed by atoms with E-state index in [1.807, 2.05) is 0 Å². The molecule has 0 aliphatic carbocycles. The molecule has 1 aromatic rings. The van der Waals surface area contributed by atoms with E-state index in [-0.39, 0.29) is 6.10 Å². The molecule has 2 saturated heterocycles. The van der Waals surface area contributed by atoms with Crippen LogP contribution in [-0.2, 0) is 13.6 Å². The van der Waals surface area contributed by atoms with E-state index in [9.17, 15) is 5.11 Å².